The second-order valence-electron chi connectivity index (χ2n) is 4.01. The van der Waals surface area contributed by atoms with Gasteiger partial charge in [0.05, 0.1) is 11.5 Å². The molecule has 0 saturated heterocycles. The number of esters is 1. The highest BCUT2D eigenvalue weighted by Crippen LogP contribution is 2.36. The molecule has 0 amide bonds. The molecule has 0 saturated carbocycles. The molecule has 0 N–H and O–H groups in total. The number of hydrogen-bond acceptors (Lipinski definition) is 7. The molecule has 8 nitrogen and oxygen atoms in total. The molecule has 0 aliphatic heterocycles. The van der Waals surface area contributed by atoms with Crippen molar-refractivity contribution >= 4 is 34.9 Å². The molecule has 0 radical (unpaired) electrons. The van der Waals surface area contributed by atoms with Crippen LogP contribution in [0.3, 0.4) is 0 Å². The molecule has 1 aromatic carbocycles. The molecule has 1 heterocycles. The third kappa shape index (κ3) is 3.85. The second-order valence-corrected chi connectivity index (χ2v) is 4.71. The average Bonchev–Trinajstić information content (AvgIpc) is 2.46. The molecular weight excluding hydrogens is 349 g/mol. The van der Waals surface area contributed by atoms with E-state index in [0.717, 1.165) is 0 Å². The monoisotopic (exact) mass is 357 g/mol. The van der Waals surface area contributed by atoms with Gasteiger partial charge in [0.2, 0.25) is 10.4 Å². The van der Waals surface area contributed by atoms with Gasteiger partial charge in [0.1, 0.15) is 11.3 Å². The molecule has 0 aliphatic carbocycles. The zero-order valence-corrected chi connectivity index (χ0v) is 13.2. The van der Waals surface area contributed by atoms with Gasteiger partial charge in [-0.25, -0.2) is 4.79 Å². The predicted octanol–water partition coefficient (Wildman–Crippen LogP) is 3.66. The highest BCUT2D eigenvalue weighted by Gasteiger charge is 2.26. The van der Waals surface area contributed by atoms with Gasteiger partial charge >= 0.3 is 17.5 Å². The molecule has 0 spiro atoms. The molecule has 0 bridgehead atoms. The van der Waals surface area contributed by atoms with E-state index in [1.807, 2.05) is 0 Å². The van der Waals surface area contributed by atoms with Gasteiger partial charge in [-0.2, -0.15) is 9.97 Å². The number of carbonyl (C=O) groups excluding carboxylic acids is 1. The Morgan fingerprint density at radius 2 is 2.00 bits per heavy atom. The van der Waals surface area contributed by atoms with Crippen LogP contribution in [0.5, 0.6) is 11.6 Å². The van der Waals surface area contributed by atoms with Crippen molar-refractivity contribution in [2.75, 3.05) is 6.61 Å². The predicted molar refractivity (Wildman–Crippen MR) is 81.2 cm³/mol. The summed E-state index contributed by atoms with van der Waals surface area (Å²) in [5.74, 6) is -1.10. The van der Waals surface area contributed by atoms with Crippen LogP contribution in [0, 0.1) is 10.1 Å². The maximum atomic E-state index is 11.9. The fourth-order valence-electron chi connectivity index (χ4n) is 1.65. The lowest BCUT2D eigenvalue weighted by Gasteiger charge is -2.10. The molecule has 1 aromatic heterocycles. The van der Waals surface area contributed by atoms with Crippen molar-refractivity contribution in [1.29, 1.82) is 0 Å². The van der Waals surface area contributed by atoms with Crippen LogP contribution in [0.4, 0.5) is 5.69 Å². The van der Waals surface area contributed by atoms with Crippen molar-refractivity contribution < 1.29 is 19.2 Å². The highest BCUT2D eigenvalue weighted by atomic mass is 35.5. The number of nitro groups is 1. The van der Waals surface area contributed by atoms with Crippen LogP contribution in [-0.2, 0) is 4.74 Å². The molecule has 0 fully saturated rings. The maximum absolute atomic E-state index is 11.9. The van der Waals surface area contributed by atoms with Crippen molar-refractivity contribution in [1.82, 2.24) is 9.97 Å². The smallest absolute Gasteiger partial charge is 0.368 e. The topological polar surface area (TPSA) is 104 Å². The Balaban J connectivity index is 2.48. The summed E-state index contributed by atoms with van der Waals surface area (Å²) in [5, 5.41) is 10.3. The van der Waals surface area contributed by atoms with Gasteiger partial charge in [-0.05, 0) is 30.7 Å². The van der Waals surface area contributed by atoms with E-state index in [0.29, 0.717) is 0 Å². The quantitative estimate of drug-likeness (QED) is 0.264. The van der Waals surface area contributed by atoms with Crippen LogP contribution in [0.1, 0.15) is 17.3 Å². The first kappa shape index (κ1) is 16.9. The maximum Gasteiger partial charge on any atom is 0.368 e. The number of carbonyl (C=O) groups is 1. The van der Waals surface area contributed by atoms with E-state index < -0.39 is 27.6 Å². The van der Waals surface area contributed by atoms with E-state index in [4.69, 9.17) is 32.7 Å². The van der Waals surface area contributed by atoms with Crippen LogP contribution < -0.4 is 4.74 Å². The minimum atomic E-state index is -0.805. The number of rotatable bonds is 5. The highest BCUT2D eigenvalue weighted by molar-refractivity contribution is 6.33. The Morgan fingerprint density at radius 3 is 2.65 bits per heavy atom. The fourth-order valence-corrected chi connectivity index (χ4v) is 2.08. The van der Waals surface area contributed by atoms with Crippen molar-refractivity contribution in [3.8, 4) is 11.6 Å². The Bertz CT molecular complexity index is 769. The van der Waals surface area contributed by atoms with E-state index in [2.05, 4.69) is 9.97 Å². The first-order chi connectivity index (χ1) is 10.9. The number of benzene rings is 1. The van der Waals surface area contributed by atoms with E-state index >= 15 is 0 Å². The fraction of sp³-hybridized carbons (Fsp3) is 0.154. The number of para-hydroxylation sites is 1. The summed E-state index contributed by atoms with van der Waals surface area (Å²) in [4.78, 5) is 29.3. The van der Waals surface area contributed by atoms with Crippen LogP contribution >= 0.6 is 23.2 Å². The van der Waals surface area contributed by atoms with Gasteiger partial charge in [0.15, 0.2) is 0 Å². The van der Waals surface area contributed by atoms with Crippen LogP contribution in [-0.4, -0.2) is 27.5 Å². The van der Waals surface area contributed by atoms with Gasteiger partial charge in [-0.15, -0.1) is 0 Å². The van der Waals surface area contributed by atoms with E-state index in [9.17, 15) is 14.9 Å². The minimum Gasteiger partial charge on any atom is -0.462 e. The van der Waals surface area contributed by atoms with Crippen molar-refractivity contribution in [2.24, 2.45) is 0 Å². The van der Waals surface area contributed by atoms with Gasteiger partial charge in [0.25, 0.3) is 0 Å². The number of halogens is 2. The molecule has 0 unspecified atom stereocenters. The Hall–Kier alpha value is -2.45. The first-order valence-electron chi connectivity index (χ1n) is 6.25. The van der Waals surface area contributed by atoms with Crippen LogP contribution in [0.2, 0.25) is 10.4 Å². The van der Waals surface area contributed by atoms with Crippen LogP contribution in [0.25, 0.3) is 0 Å². The summed E-state index contributed by atoms with van der Waals surface area (Å²) in [6, 6.07) is 6.05. The molecule has 2 rings (SSSR count). The van der Waals surface area contributed by atoms with Crippen molar-refractivity contribution in [3.05, 3.63) is 50.4 Å². The lowest BCUT2D eigenvalue weighted by molar-refractivity contribution is -0.386. The molecule has 10 heteroatoms. The number of hydrogen-bond donors (Lipinski definition) is 0. The molecule has 0 atom stereocenters. The SMILES string of the molecule is CCOC(=O)c1ccccc1Oc1nc(Cl)nc(Cl)c1[N+](=O)[O-]. The summed E-state index contributed by atoms with van der Waals surface area (Å²) in [7, 11) is 0. The van der Waals surface area contributed by atoms with Gasteiger partial charge in [-0.3, -0.25) is 10.1 Å². The molecule has 2 aromatic rings. The first-order valence-corrected chi connectivity index (χ1v) is 7.01. The van der Waals surface area contributed by atoms with Gasteiger partial charge < -0.3 is 9.47 Å². The lowest BCUT2D eigenvalue weighted by atomic mass is 10.2. The molecule has 120 valence electrons. The summed E-state index contributed by atoms with van der Waals surface area (Å²) < 4.78 is 10.3. The standard InChI is InChI=1S/C13H9Cl2N3O5/c1-2-22-12(19)7-5-3-4-6-8(7)23-11-9(18(20)21)10(14)16-13(15)17-11/h3-6H,2H2,1H3. The molecule has 0 aliphatic rings. The van der Waals surface area contributed by atoms with Crippen molar-refractivity contribution in [3.63, 3.8) is 0 Å². The molecule has 23 heavy (non-hydrogen) atoms. The Kier molecular flexibility index (Phi) is 5.30. The zero-order chi connectivity index (χ0) is 17.0. The summed E-state index contributed by atoms with van der Waals surface area (Å²) in [5.41, 5.74) is -0.579. The lowest BCUT2D eigenvalue weighted by Crippen LogP contribution is -2.07. The van der Waals surface area contributed by atoms with E-state index in [1.54, 1.807) is 19.1 Å². The largest absolute Gasteiger partial charge is 0.462 e. The normalized spacial score (nSPS) is 10.2. The average molecular weight is 358 g/mol. The third-order valence-electron chi connectivity index (χ3n) is 2.55. The molecular formula is C13H9Cl2N3O5. The van der Waals surface area contributed by atoms with Crippen LogP contribution in [0.15, 0.2) is 24.3 Å². The summed E-state index contributed by atoms with van der Waals surface area (Å²) >= 11 is 11.3. The number of ether oxygens (including phenoxy) is 2. The Morgan fingerprint density at radius 1 is 1.30 bits per heavy atom. The number of nitrogens with zero attached hydrogens (tertiary/aromatic N) is 3. The minimum absolute atomic E-state index is 0.0138. The van der Waals surface area contributed by atoms with Crippen molar-refractivity contribution in [2.45, 2.75) is 6.92 Å². The van der Waals surface area contributed by atoms with Gasteiger partial charge in [-0.1, -0.05) is 23.7 Å². The van der Waals surface area contributed by atoms with E-state index in [1.165, 1.54) is 12.1 Å². The Labute approximate surface area is 140 Å². The number of aromatic nitrogens is 2. The third-order valence-corrected chi connectivity index (χ3v) is 2.99. The van der Waals surface area contributed by atoms with E-state index in [-0.39, 0.29) is 23.2 Å². The summed E-state index contributed by atoms with van der Waals surface area (Å²) in [6.07, 6.45) is 0. The zero-order valence-electron chi connectivity index (χ0n) is 11.7. The second kappa shape index (κ2) is 7.21. The van der Waals surface area contributed by atoms with Gasteiger partial charge in [0, 0.05) is 0 Å². The summed E-state index contributed by atoms with van der Waals surface area (Å²) in [6.45, 7) is 1.81.